The van der Waals surface area contributed by atoms with Crippen LogP contribution < -0.4 is 4.90 Å². The standard InChI is InChI=1S/C63H39N5/c1-64-51-29-33-54(34-30-51)67(63-65-57(49-24-20-41-10-5-7-12-47(41)38-49)40-58(66-63)50-25-21-42-11-6-8-13-48(42)39-50)53-31-26-44(27-32-53)43-18-22-45(23-19-43)55-36-37-60-62-56(55)35-28-46-14-9-17-59(61(46)62)68(60)52-15-3-2-4-16-52/h2-40H. The second-order valence-corrected chi connectivity index (χ2v) is 17.3. The first-order valence-electron chi connectivity index (χ1n) is 22.8. The average Bonchev–Trinajstić information content (AvgIpc) is 3.76. The number of para-hydroxylation sites is 1. The highest BCUT2D eigenvalue weighted by atomic mass is 15.3. The molecule has 13 aromatic rings. The molecule has 0 unspecified atom stereocenters. The summed E-state index contributed by atoms with van der Waals surface area (Å²) in [5.74, 6) is 0.528. The second kappa shape index (κ2) is 16.0. The fraction of sp³-hybridized carbons (Fsp3) is 0. The van der Waals surface area contributed by atoms with Crippen molar-refractivity contribution in [3.8, 4) is 50.5 Å². The number of benzene rings is 11. The predicted molar refractivity (Wildman–Crippen MR) is 283 cm³/mol. The number of aromatic nitrogens is 3. The Morgan fingerprint density at radius 2 is 0.897 bits per heavy atom. The summed E-state index contributed by atoms with van der Waals surface area (Å²) in [6, 6.07) is 83.4. The van der Waals surface area contributed by atoms with Crippen LogP contribution in [0.25, 0.3) is 109 Å². The van der Waals surface area contributed by atoms with Crippen LogP contribution in [0, 0.1) is 6.57 Å². The molecule has 2 heterocycles. The Morgan fingerprint density at radius 1 is 0.382 bits per heavy atom. The summed E-state index contributed by atoms with van der Waals surface area (Å²) in [6.07, 6.45) is 0. The molecular formula is C63H39N5. The fourth-order valence-corrected chi connectivity index (χ4v) is 10.0. The average molecular weight is 866 g/mol. The van der Waals surface area contributed by atoms with Crippen LogP contribution in [0.1, 0.15) is 0 Å². The van der Waals surface area contributed by atoms with E-state index in [9.17, 15) is 0 Å². The van der Waals surface area contributed by atoms with Gasteiger partial charge in [-0.3, -0.25) is 4.90 Å². The summed E-state index contributed by atoms with van der Waals surface area (Å²) in [5, 5.41) is 9.73. The van der Waals surface area contributed by atoms with E-state index >= 15 is 0 Å². The maximum atomic E-state index is 7.68. The molecule has 0 amide bonds. The minimum absolute atomic E-state index is 0.528. The van der Waals surface area contributed by atoms with Gasteiger partial charge in [0.25, 0.3) is 0 Å². The number of nitrogens with zero attached hydrogens (tertiary/aromatic N) is 5. The lowest BCUT2D eigenvalue weighted by Crippen LogP contribution is -2.14. The van der Waals surface area contributed by atoms with Crippen molar-refractivity contribution in [2.24, 2.45) is 0 Å². The molecule has 0 N–H and O–H groups in total. The molecule has 0 spiro atoms. The molecule has 0 fully saturated rings. The van der Waals surface area contributed by atoms with Crippen LogP contribution in [-0.4, -0.2) is 14.5 Å². The number of rotatable bonds is 8. The van der Waals surface area contributed by atoms with E-state index in [-0.39, 0.29) is 0 Å². The molecule has 0 aliphatic heterocycles. The number of anilines is 3. The lowest BCUT2D eigenvalue weighted by Gasteiger charge is -2.25. The van der Waals surface area contributed by atoms with Crippen LogP contribution in [0.4, 0.5) is 23.0 Å². The molecule has 68 heavy (non-hydrogen) atoms. The maximum absolute atomic E-state index is 7.68. The largest absolute Gasteiger partial charge is 0.309 e. The van der Waals surface area contributed by atoms with E-state index in [0.717, 1.165) is 61.5 Å². The Kier molecular flexibility index (Phi) is 9.16. The zero-order valence-electron chi connectivity index (χ0n) is 36.8. The van der Waals surface area contributed by atoms with Gasteiger partial charge in [-0.1, -0.05) is 170 Å². The van der Waals surface area contributed by atoms with Crippen molar-refractivity contribution >= 4 is 77.1 Å². The highest BCUT2D eigenvalue weighted by Crippen LogP contribution is 2.43. The third-order valence-electron chi connectivity index (χ3n) is 13.4. The molecule has 316 valence electrons. The predicted octanol–water partition coefficient (Wildman–Crippen LogP) is 17.2. The molecule has 11 aromatic carbocycles. The Hall–Kier alpha value is -9.37. The van der Waals surface area contributed by atoms with E-state index < -0.39 is 0 Å². The topological polar surface area (TPSA) is 38.3 Å². The summed E-state index contributed by atoms with van der Waals surface area (Å²) in [5.41, 5.74) is 14.1. The minimum atomic E-state index is 0.528. The van der Waals surface area contributed by atoms with Gasteiger partial charge in [0.1, 0.15) is 0 Å². The lowest BCUT2D eigenvalue weighted by molar-refractivity contribution is 1.09. The SMILES string of the molecule is [C-]#[N+]c1ccc(N(c2ccc(-c3ccc(-c4ccc5c6c4ccc4cccc(c46)n5-c4ccccc4)cc3)cc2)c2nc(-c3ccc4ccccc4c3)cc(-c3ccc4ccccc4c3)n2)cc1. The Bertz CT molecular complexity index is 3970. The van der Waals surface area contributed by atoms with E-state index in [2.05, 4.69) is 227 Å². The first-order chi connectivity index (χ1) is 33.6. The molecular weight excluding hydrogens is 827 g/mol. The molecule has 0 bridgehead atoms. The van der Waals surface area contributed by atoms with Gasteiger partial charge in [-0.25, -0.2) is 14.8 Å². The van der Waals surface area contributed by atoms with Crippen molar-refractivity contribution in [1.29, 1.82) is 0 Å². The fourth-order valence-electron chi connectivity index (χ4n) is 10.0. The third-order valence-corrected chi connectivity index (χ3v) is 13.4. The van der Waals surface area contributed by atoms with Crippen molar-refractivity contribution in [3.63, 3.8) is 0 Å². The van der Waals surface area contributed by atoms with Crippen LogP contribution in [-0.2, 0) is 0 Å². The molecule has 2 aromatic heterocycles. The minimum Gasteiger partial charge on any atom is -0.309 e. The summed E-state index contributed by atoms with van der Waals surface area (Å²) in [7, 11) is 0. The van der Waals surface area contributed by atoms with Gasteiger partial charge in [-0.2, -0.15) is 0 Å². The van der Waals surface area contributed by atoms with Crippen LogP contribution in [0.5, 0.6) is 0 Å². The maximum Gasteiger partial charge on any atom is 0.235 e. The van der Waals surface area contributed by atoms with E-state index in [0.29, 0.717) is 11.6 Å². The molecule has 0 radical (unpaired) electrons. The summed E-state index contributed by atoms with van der Waals surface area (Å²) in [4.78, 5) is 16.4. The highest BCUT2D eigenvalue weighted by molar-refractivity contribution is 6.26. The smallest absolute Gasteiger partial charge is 0.235 e. The molecule has 5 heteroatoms. The van der Waals surface area contributed by atoms with Crippen molar-refractivity contribution in [2.75, 3.05) is 4.90 Å². The van der Waals surface area contributed by atoms with E-state index in [1.54, 1.807) is 0 Å². The van der Waals surface area contributed by atoms with Crippen LogP contribution >= 0.6 is 0 Å². The Morgan fingerprint density at radius 3 is 1.53 bits per heavy atom. The lowest BCUT2D eigenvalue weighted by atomic mass is 9.93. The number of hydrogen-bond donors (Lipinski definition) is 0. The first kappa shape index (κ1) is 39.0. The van der Waals surface area contributed by atoms with Gasteiger partial charge in [0.05, 0.1) is 29.0 Å². The van der Waals surface area contributed by atoms with Crippen LogP contribution in [0.15, 0.2) is 237 Å². The van der Waals surface area contributed by atoms with Crippen molar-refractivity contribution in [2.45, 2.75) is 0 Å². The van der Waals surface area contributed by atoms with Crippen LogP contribution in [0.2, 0.25) is 0 Å². The molecule has 5 nitrogen and oxygen atoms in total. The zero-order chi connectivity index (χ0) is 45.1. The zero-order valence-corrected chi connectivity index (χ0v) is 36.8. The summed E-state index contributed by atoms with van der Waals surface area (Å²) in [6.45, 7) is 7.68. The van der Waals surface area contributed by atoms with Gasteiger partial charge in [0, 0.05) is 39.0 Å². The Balaban J connectivity index is 0.894. The first-order valence-corrected chi connectivity index (χ1v) is 22.8. The summed E-state index contributed by atoms with van der Waals surface area (Å²) >= 11 is 0. The number of fused-ring (bicyclic) bond motifs is 2. The van der Waals surface area contributed by atoms with Crippen LogP contribution in [0.3, 0.4) is 0 Å². The van der Waals surface area contributed by atoms with Crippen molar-refractivity contribution in [1.82, 2.24) is 14.5 Å². The summed E-state index contributed by atoms with van der Waals surface area (Å²) < 4.78 is 2.39. The van der Waals surface area contributed by atoms with Gasteiger partial charge in [-0.15, -0.1) is 0 Å². The van der Waals surface area contributed by atoms with Gasteiger partial charge >= 0.3 is 0 Å². The quantitative estimate of drug-likeness (QED) is 0.113. The van der Waals surface area contributed by atoms with E-state index in [4.69, 9.17) is 16.5 Å². The monoisotopic (exact) mass is 865 g/mol. The van der Waals surface area contributed by atoms with Gasteiger partial charge < -0.3 is 4.57 Å². The van der Waals surface area contributed by atoms with E-state index in [1.165, 1.54) is 54.5 Å². The second-order valence-electron chi connectivity index (χ2n) is 17.3. The van der Waals surface area contributed by atoms with Gasteiger partial charge in [-0.05, 0) is 121 Å². The molecule has 0 atom stereocenters. The molecule has 0 saturated heterocycles. The normalized spacial score (nSPS) is 11.5. The molecule has 0 aliphatic carbocycles. The highest BCUT2D eigenvalue weighted by Gasteiger charge is 2.21. The molecule has 0 aliphatic rings. The van der Waals surface area contributed by atoms with Gasteiger partial charge in [0.2, 0.25) is 5.95 Å². The van der Waals surface area contributed by atoms with Crippen molar-refractivity contribution < 1.29 is 0 Å². The molecule has 0 saturated carbocycles. The van der Waals surface area contributed by atoms with E-state index in [1.807, 2.05) is 24.3 Å². The Labute approximate surface area is 393 Å². The number of hydrogen-bond acceptors (Lipinski definition) is 3. The van der Waals surface area contributed by atoms with Gasteiger partial charge in [0.15, 0.2) is 5.69 Å². The molecule has 13 rings (SSSR count). The van der Waals surface area contributed by atoms with Crippen molar-refractivity contribution in [3.05, 3.63) is 248 Å². The third kappa shape index (κ3) is 6.63.